The van der Waals surface area contributed by atoms with Crippen LogP contribution in [0.4, 0.5) is 0 Å². The Labute approximate surface area is 131 Å². The summed E-state index contributed by atoms with van der Waals surface area (Å²) in [6.45, 7) is 1.60. The summed E-state index contributed by atoms with van der Waals surface area (Å²) in [5.74, 6) is -1.74. The summed E-state index contributed by atoms with van der Waals surface area (Å²) in [5, 5.41) is 13.8. The van der Waals surface area contributed by atoms with Gasteiger partial charge in [0.15, 0.2) is 0 Å². The number of aliphatic carboxylic acids is 1. The summed E-state index contributed by atoms with van der Waals surface area (Å²) in [7, 11) is 0. The van der Waals surface area contributed by atoms with E-state index in [1.807, 2.05) is 0 Å². The fraction of sp³-hybridized carbons (Fsp3) is 0.357. The number of rotatable bonds is 7. The van der Waals surface area contributed by atoms with E-state index < -0.39 is 17.9 Å². The lowest BCUT2D eigenvalue weighted by atomic mass is 10.1. The van der Waals surface area contributed by atoms with Crippen LogP contribution in [0.25, 0.3) is 0 Å². The first-order valence-electron chi connectivity index (χ1n) is 6.47. The fourth-order valence-electron chi connectivity index (χ4n) is 1.65. The molecule has 0 aromatic heterocycles. The number of nitrogens with one attached hydrogen (secondary N) is 2. The molecule has 0 radical (unpaired) electrons. The number of carbonyl (C=O) groups is 3. The van der Waals surface area contributed by atoms with Crippen molar-refractivity contribution in [3.63, 3.8) is 0 Å². The molecule has 0 aliphatic heterocycles. The number of halogens is 1. The summed E-state index contributed by atoms with van der Waals surface area (Å²) < 4.78 is 0.858. The first-order chi connectivity index (χ1) is 9.92. The predicted molar refractivity (Wildman–Crippen MR) is 80.9 cm³/mol. The van der Waals surface area contributed by atoms with E-state index in [0.29, 0.717) is 12.0 Å². The highest BCUT2D eigenvalue weighted by atomic mass is 79.9. The van der Waals surface area contributed by atoms with Crippen molar-refractivity contribution in [2.24, 2.45) is 0 Å². The van der Waals surface area contributed by atoms with Gasteiger partial charge >= 0.3 is 5.97 Å². The smallest absolute Gasteiger partial charge is 0.305 e. The van der Waals surface area contributed by atoms with Crippen LogP contribution in [-0.4, -0.2) is 35.5 Å². The van der Waals surface area contributed by atoms with E-state index in [4.69, 9.17) is 5.11 Å². The number of hydrogen-bond acceptors (Lipinski definition) is 3. The molecular formula is C14H17BrN2O4. The quantitative estimate of drug-likeness (QED) is 0.690. The molecular weight excluding hydrogens is 340 g/mol. The molecule has 0 heterocycles. The van der Waals surface area contributed by atoms with E-state index in [1.165, 1.54) is 0 Å². The van der Waals surface area contributed by atoms with Gasteiger partial charge in [0.05, 0.1) is 13.0 Å². The molecule has 0 saturated heterocycles. The second-order valence-corrected chi connectivity index (χ2v) is 5.38. The molecule has 7 heteroatoms. The van der Waals surface area contributed by atoms with E-state index in [1.54, 1.807) is 31.2 Å². The largest absolute Gasteiger partial charge is 0.481 e. The Bertz CT molecular complexity index is 516. The molecule has 21 heavy (non-hydrogen) atoms. The lowest BCUT2D eigenvalue weighted by Gasteiger charge is -2.15. The SMILES string of the molecule is CCC(CC(=O)O)NC(=O)CNC(=O)c1ccc(Br)cc1. The Morgan fingerprint density at radius 2 is 1.86 bits per heavy atom. The highest BCUT2D eigenvalue weighted by Crippen LogP contribution is 2.10. The normalized spacial score (nSPS) is 11.5. The van der Waals surface area contributed by atoms with Crippen LogP contribution in [0.5, 0.6) is 0 Å². The molecule has 6 nitrogen and oxygen atoms in total. The molecule has 0 spiro atoms. The number of benzene rings is 1. The van der Waals surface area contributed by atoms with E-state index in [9.17, 15) is 14.4 Å². The lowest BCUT2D eigenvalue weighted by Crippen LogP contribution is -2.42. The van der Waals surface area contributed by atoms with Crippen LogP contribution in [0.1, 0.15) is 30.1 Å². The van der Waals surface area contributed by atoms with E-state index in [2.05, 4.69) is 26.6 Å². The zero-order valence-corrected chi connectivity index (χ0v) is 13.1. The Balaban J connectivity index is 2.43. The van der Waals surface area contributed by atoms with Gasteiger partial charge < -0.3 is 15.7 Å². The summed E-state index contributed by atoms with van der Waals surface area (Å²) >= 11 is 3.27. The monoisotopic (exact) mass is 356 g/mol. The Kier molecular flexibility index (Phi) is 6.87. The average molecular weight is 357 g/mol. The van der Waals surface area contributed by atoms with Gasteiger partial charge in [-0.1, -0.05) is 22.9 Å². The number of carbonyl (C=O) groups excluding carboxylic acids is 2. The van der Waals surface area contributed by atoms with Crippen LogP contribution in [0.2, 0.25) is 0 Å². The third kappa shape index (κ3) is 6.40. The van der Waals surface area contributed by atoms with Gasteiger partial charge in [-0.15, -0.1) is 0 Å². The molecule has 0 fully saturated rings. The first kappa shape index (κ1) is 17.2. The van der Waals surface area contributed by atoms with Gasteiger partial charge in [-0.3, -0.25) is 14.4 Å². The Morgan fingerprint density at radius 3 is 2.38 bits per heavy atom. The molecule has 3 N–H and O–H groups in total. The van der Waals surface area contributed by atoms with Crippen molar-refractivity contribution in [3.8, 4) is 0 Å². The van der Waals surface area contributed by atoms with Crippen molar-refractivity contribution >= 4 is 33.7 Å². The van der Waals surface area contributed by atoms with Crippen molar-refractivity contribution in [2.75, 3.05) is 6.54 Å². The van der Waals surface area contributed by atoms with Crippen LogP contribution in [0.3, 0.4) is 0 Å². The van der Waals surface area contributed by atoms with Crippen molar-refractivity contribution in [1.82, 2.24) is 10.6 Å². The fourth-order valence-corrected chi connectivity index (χ4v) is 1.92. The predicted octanol–water partition coefficient (Wildman–Crippen LogP) is 1.55. The average Bonchev–Trinajstić information content (AvgIpc) is 2.44. The van der Waals surface area contributed by atoms with E-state index in [-0.39, 0.29) is 18.9 Å². The van der Waals surface area contributed by atoms with Crippen molar-refractivity contribution in [2.45, 2.75) is 25.8 Å². The van der Waals surface area contributed by atoms with Crippen molar-refractivity contribution < 1.29 is 19.5 Å². The van der Waals surface area contributed by atoms with Gasteiger partial charge in [0.1, 0.15) is 0 Å². The minimum Gasteiger partial charge on any atom is -0.481 e. The maximum atomic E-state index is 11.8. The maximum absolute atomic E-state index is 11.8. The lowest BCUT2D eigenvalue weighted by molar-refractivity contribution is -0.137. The third-order valence-corrected chi connectivity index (χ3v) is 3.32. The number of carboxylic acids is 1. The van der Waals surface area contributed by atoms with Crippen molar-refractivity contribution in [3.05, 3.63) is 34.3 Å². The van der Waals surface area contributed by atoms with Gasteiger partial charge in [0.2, 0.25) is 5.91 Å². The van der Waals surface area contributed by atoms with Crippen molar-refractivity contribution in [1.29, 1.82) is 0 Å². The molecule has 1 aromatic rings. The molecule has 1 atom stereocenters. The molecule has 1 rings (SSSR count). The van der Waals surface area contributed by atoms with Crippen LogP contribution in [-0.2, 0) is 9.59 Å². The number of carboxylic acid groups (broad SMARTS) is 1. The van der Waals surface area contributed by atoms with Crippen LogP contribution < -0.4 is 10.6 Å². The zero-order chi connectivity index (χ0) is 15.8. The highest BCUT2D eigenvalue weighted by Gasteiger charge is 2.14. The Morgan fingerprint density at radius 1 is 1.24 bits per heavy atom. The van der Waals surface area contributed by atoms with E-state index in [0.717, 1.165) is 4.47 Å². The number of amides is 2. The minimum atomic E-state index is -0.971. The molecule has 0 bridgehead atoms. The van der Waals surface area contributed by atoms with Gasteiger partial charge in [0, 0.05) is 16.1 Å². The highest BCUT2D eigenvalue weighted by molar-refractivity contribution is 9.10. The van der Waals surface area contributed by atoms with Crippen LogP contribution in [0.15, 0.2) is 28.7 Å². The van der Waals surface area contributed by atoms with Crippen LogP contribution in [0, 0.1) is 0 Å². The van der Waals surface area contributed by atoms with Gasteiger partial charge in [0.25, 0.3) is 5.91 Å². The van der Waals surface area contributed by atoms with Gasteiger partial charge in [-0.25, -0.2) is 0 Å². The summed E-state index contributed by atoms with van der Waals surface area (Å²) in [6, 6.07) is 6.30. The third-order valence-electron chi connectivity index (χ3n) is 2.79. The molecule has 0 aliphatic carbocycles. The standard InChI is InChI=1S/C14H17BrN2O4/c1-2-11(7-13(19)20)17-12(18)8-16-14(21)9-3-5-10(15)6-4-9/h3-6,11H,2,7-8H2,1H3,(H,16,21)(H,17,18)(H,19,20). The molecule has 0 saturated carbocycles. The minimum absolute atomic E-state index is 0.136. The topological polar surface area (TPSA) is 95.5 Å². The van der Waals surface area contributed by atoms with Gasteiger partial charge in [-0.2, -0.15) is 0 Å². The molecule has 2 amide bonds. The second kappa shape index (κ2) is 8.41. The summed E-state index contributed by atoms with van der Waals surface area (Å²) in [4.78, 5) is 34.1. The summed E-state index contributed by atoms with van der Waals surface area (Å²) in [6.07, 6.45) is 0.377. The zero-order valence-electron chi connectivity index (χ0n) is 11.6. The molecule has 0 aliphatic rings. The molecule has 1 aromatic carbocycles. The van der Waals surface area contributed by atoms with E-state index >= 15 is 0 Å². The van der Waals surface area contributed by atoms with Gasteiger partial charge in [-0.05, 0) is 30.7 Å². The molecule has 1 unspecified atom stereocenters. The first-order valence-corrected chi connectivity index (χ1v) is 7.26. The summed E-state index contributed by atoms with van der Waals surface area (Å²) in [5.41, 5.74) is 0.448. The van der Waals surface area contributed by atoms with Crippen LogP contribution >= 0.6 is 15.9 Å². The second-order valence-electron chi connectivity index (χ2n) is 4.46. The number of hydrogen-bond donors (Lipinski definition) is 3. The Hall–Kier alpha value is -1.89. The molecule has 114 valence electrons. The maximum Gasteiger partial charge on any atom is 0.305 e.